The number of ether oxygens (including phenoxy) is 1. The number of hydrogen-bond donors (Lipinski definition) is 3. The molecule has 0 radical (unpaired) electrons. The summed E-state index contributed by atoms with van der Waals surface area (Å²) in [4.78, 5) is 15.3. The molecule has 0 unspecified atom stereocenters. The van der Waals surface area contributed by atoms with Gasteiger partial charge in [0.05, 0.1) is 19.0 Å². The van der Waals surface area contributed by atoms with Crippen molar-refractivity contribution < 1.29 is 19.3 Å². The van der Waals surface area contributed by atoms with E-state index in [4.69, 9.17) is 10.3 Å². The van der Waals surface area contributed by atoms with Crippen LogP contribution in [0.4, 0.5) is 10.2 Å². The molecule has 0 amide bonds. The van der Waals surface area contributed by atoms with Crippen LogP contribution < -0.4 is 5.32 Å². The highest BCUT2D eigenvalue weighted by molar-refractivity contribution is 5.82. The largest absolute Gasteiger partial charge is 0.385 e. The Bertz CT molecular complexity index is 1110. The maximum atomic E-state index is 13.9. The number of nitrogens with one attached hydrogen (secondary N) is 1. The molecule has 1 aliphatic rings. The van der Waals surface area contributed by atoms with Crippen LogP contribution in [0.2, 0.25) is 0 Å². The van der Waals surface area contributed by atoms with Crippen molar-refractivity contribution in [1.82, 2.24) is 19.5 Å². The van der Waals surface area contributed by atoms with E-state index in [9.17, 15) is 14.6 Å². The number of hydrogen-bond acceptors (Lipinski definition) is 8. The monoisotopic (exact) mass is 414 g/mol. The Morgan fingerprint density at radius 1 is 1.37 bits per heavy atom. The minimum absolute atomic E-state index is 0.145. The number of halogens is 1. The van der Waals surface area contributed by atoms with Crippen molar-refractivity contribution in [3.05, 3.63) is 58.7 Å². The van der Waals surface area contributed by atoms with Crippen LogP contribution in [-0.4, -0.2) is 54.1 Å². The minimum atomic E-state index is -1.64. The predicted octanol–water partition coefficient (Wildman–Crippen LogP) is 1.90. The topological polar surface area (TPSA) is 154 Å². The standard InChI is InChI=1S/C18H19FN8O3/c1-18(29)12(7-25-26-20)30-17(14(18)28)27-9-24-13-15(22-8-23-16(13)27)21-6-10-4-2-3-5-11(10)19/h2-5,8-9,12,14,17,28-29H,6-7H2,1H3,(H,21,22,23)/t12-,14+,17-,18+/m1/s1. The van der Waals surface area contributed by atoms with Crippen LogP contribution in [0.25, 0.3) is 21.6 Å². The van der Waals surface area contributed by atoms with Gasteiger partial charge in [0.15, 0.2) is 23.2 Å². The van der Waals surface area contributed by atoms with E-state index in [2.05, 4.69) is 30.3 Å². The number of imidazole rings is 1. The van der Waals surface area contributed by atoms with Crippen LogP contribution in [0, 0.1) is 5.82 Å². The number of fused-ring (bicyclic) bond motifs is 1. The highest BCUT2D eigenvalue weighted by Crippen LogP contribution is 2.38. The molecule has 3 aromatic rings. The molecule has 0 spiro atoms. The Morgan fingerprint density at radius 2 is 2.17 bits per heavy atom. The summed E-state index contributed by atoms with van der Waals surface area (Å²) in [6.45, 7) is 1.45. The van der Waals surface area contributed by atoms with Crippen molar-refractivity contribution in [1.29, 1.82) is 0 Å². The van der Waals surface area contributed by atoms with E-state index >= 15 is 0 Å². The van der Waals surface area contributed by atoms with Gasteiger partial charge in [0, 0.05) is 17.0 Å². The first-order valence-corrected chi connectivity index (χ1v) is 9.15. The molecule has 11 nitrogen and oxygen atoms in total. The third-order valence-electron chi connectivity index (χ3n) is 5.17. The molecule has 1 saturated heterocycles. The van der Waals surface area contributed by atoms with Crippen LogP contribution in [-0.2, 0) is 11.3 Å². The van der Waals surface area contributed by atoms with Gasteiger partial charge in [-0.2, -0.15) is 0 Å². The van der Waals surface area contributed by atoms with Gasteiger partial charge >= 0.3 is 0 Å². The number of anilines is 1. The quantitative estimate of drug-likeness (QED) is 0.316. The summed E-state index contributed by atoms with van der Waals surface area (Å²) in [5.74, 6) is 0.0449. The van der Waals surface area contributed by atoms with Gasteiger partial charge in [-0.15, -0.1) is 0 Å². The van der Waals surface area contributed by atoms with Gasteiger partial charge in [-0.25, -0.2) is 19.3 Å². The second-order valence-electron chi connectivity index (χ2n) is 7.09. The van der Waals surface area contributed by atoms with Gasteiger partial charge < -0.3 is 20.3 Å². The average Bonchev–Trinajstić information content (AvgIpc) is 3.25. The molecular weight excluding hydrogens is 395 g/mol. The molecule has 2 aromatic heterocycles. The van der Waals surface area contributed by atoms with E-state index in [0.717, 1.165) is 0 Å². The second kappa shape index (κ2) is 7.84. The smallest absolute Gasteiger partial charge is 0.167 e. The van der Waals surface area contributed by atoms with Gasteiger partial charge in [-0.3, -0.25) is 4.57 Å². The summed E-state index contributed by atoms with van der Waals surface area (Å²) in [5, 5.41) is 27.7. The summed E-state index contributed by atoms with van der Waals surface area (Å²) in [6, 6.07) is 6.38. The first-order chi connectivity index (χ1) is 14.4. The average molecular weight is 414 g/mol. The number of benzene rings is 1. The van der Waals surface area contributed by atoms with Gasteiger partial charge in [-0.05, 0) is 18.5 Å². The lowest BCUT2D eigenvalue weighted by atomic mass is 9.94. The van der Waals surface area contributed by atoms with Gasteiger partial charge in [0.25, 0.3) is 0 Å². The second-order valence-corrected chi connectivity index (χ2v) is 7.09. The normalized spacial score (nSPS) is 25.9. The lowest BCUT2D eigenvalue weighted by molar-refractivity contribution is -0.0600. The fourth-order valence-electron chi connectivity index (χ4n) is 3.40. The molecule has 0 bridgehead atoms. The minimum Gasteiger partial charge on any atom is -0.385 e. The van der Waals surface area contributed by atoms with Crippen molar-refractivity contribution >= 4 is 17.0 Å². The lowest BCUT2D eigenvalue weighted by Gasteiger charge is -2.25. The molecule has 4 atom stereocenters. The van der Waals surface area contributed by atoms with Crippen molar-refractivity contribution in [3.63, 3.8) is 0 Å². The van der Waals surface area contributed by atoms with E-state index < -0.39 is 24.0 Å². The van der Waals surface area contributed by atoms with Gasteiger partial charge in [0.1, 0.15) is 23.8 Å². The number of nitrogens with zero attached hydrogens (tertiary/aromatic N) is 7. The zero-order chi connectivity index (χ0) is 21.3. The fraction of sp³-hybridized carbons (Fsp3) is 0.389. The molecule has 0 aliphatic carbocycles. The molecule has 4 rings (SSSR count). The van der Waals surface area contributed by atoms with E-state index in [1.807, 2.05) is 0 Å². The zero-order valence-electron chi connectivity index (χ0n) is 15.9. The van der Waals surface area contributed by atoms with E-state index in [0.29, 0.717) is 22.5 Å². The van der Waals surface area contributed by atoms with Crippen molar-refractivity contribution in [2.75, 3.05) is 11.9 Å². The van der Waals surface area contributed by atoms with E-state index in [1.54, 1.807) is 18.2 Å². The number of aliphatic hydroxyl groups is 2. The predicted molar refractivity (Wildman–Crippen MR) is 104 cm³/mol. The number of aromatic nitrogens is 4. The van der Waals surface area contributed by atoms with Crippen LogP contribution in [0.1, 0.15) is 18.7 Å². The number of aliphatic hydroxyl groups excluding tert-OH is 1. The van der Waals surface area contributed by atoms with Crippen LogP contribution in [0.15, 0.2) is 42.0 Å². The number of rotatable bonds is 6. The Balaban J connectivity index is 1.62. The van der Waals surface area contributed by atoms with Crippen LogP contribution in [0.3, 0.4) is 0 Å². The molecule has 0 saturated carbocycles. The summed E-state index contributed by atoms with van der Waals surface area (Å²) >= 11 is 0. The Labute approximate surface area is 169 Å². The number of azide groups is 1. The van der Waals surface area contributed by atoms with Gasteiger partial charge in [-0.1, -0.05) is 23.3 Å². The van der Waals surface area contributed by atoms with Crippen molar-refractivity contribution in [2.45, 2.75) is 37.5 Å². The van der Waals surface area contributed by atoms with E-state index in [-0.39, 0.29) is 18.9 Å². The molecule has 3 heterocycles. The Hall–Kier alpha value is -3.31. The summed E-state index contributed by atoms with van der Waals surface area (Å²) in [5.41, 5.74) is 8.10. The van der Waals surface area contributed by atoms with Crippen molar-refractivity contribution in [3.8, 4) is 0 Å². The highest BCUT2D eigenvalue weighted by Gasteiger charge is 2.52. The molecule has 1 aromatic carbocycles. The van der Waals surface area contributed by atoms with Gasteiger partial charge in [0.2, 0.25) is 0 Å². The maximum absolute atomic E-state index is 13.9. The van der Waals surface area contributed by atoms with Crippen LogP contribution >= 0.6 is 0 Å². The van der Waals surface area contributed by atoms with Crippen LogP contribution in [0.5, 0.6) is 0 Å². The Morgan fingerprint density at radius 3 is 2.93 bits per heavy atom. The molecule has 3 N–H and O–H groups in total. The first-order valence-electron chi connectivity index (χ1n) is 9.15. The third kappa shape index (κ3) is 3.42. The fourth-order valence-corrected chi connectivity index (χ4v) is 3.40. The van der Waals surface area contributed by atoms with Crippen molar-refractivity contribution in [2.24, 2.45) is 5.11 Å². The molecule has 156 valence electrons. The highest BCUT2D eigenvalue weighted by atomic mass is 19.1. The molecule has 30 heavy (non-hydrogen) atoms. The lowest BCUT2D eigenvalue weighted by Crippen LogP contribution is -2.45. The third-order valence-corrected chi connectivity index (χ3v) is 5.17. The molecule has 1 aliphatic heterocycles. The summed E-state index contributed by atoms with van der Waals surface area (Å²) < 4.78 is 21.1. The maximum Gasteiger partial charge on any atom is 0.167 e. The summed E-state index contributed by atoms with van der Waals surface area (Å²) in [6.07, 6.45) is -0.516. The van der Waals surface area contributed by atoms with E-state index in [1.165, 1.54) is 30.2 Å². The molecule has 12 heteroatoms. The SMILES string of the molecule is C[C@]1(O)[C@@H](CN=[N+]=[N-])O[C@@H](n2cnc3c(NCc4ccccc4F)ncnc32)[C@@H]1O. The first kappa shape index (κ1) is 20.0. The molecular formula is C18H19FN8O3. The zero-order valence-corrected chi connectivity index (χ0v) is 15.9. The summed E-state index contributed by atoms with van der Waals surface area (Å²) in [7, 11) is 0. The molecule has 1 fully saturated rings. The Kier molecular flexibility index (Phi) is 5.22.